The third-order valence-electron chi connectivity index (χ3n) is 4.23. The third-order valence-corrected chi connectivity index (χ3v) is 4.23. The zero-order chi connectivity index (χ0) is 16.0. The van der Waals surface area contributed by atoms with Crippen LogP contribution in [0.4, 0.5) is 19.4 Å². The third kappa shape index (κ3) is 2.18. The van der Waals surface area contributed by atoms with Crippen molar-refractivity contribution in [2.45, 2.75) is 31.9 Å². The summed E-state index contributed by atoms with van der Waals surface area (Å²) in [6, 6.07) is 1.17. The summed E-state index contributed by atoms with van der Waals surface area (Å²) in [4.78, 5) is 29.4. The second-order valence-corrected chi connectivity index (χ2v) is 5.67. The van der Waals surface area contributed by atoms with Crippen LogP contribution in [0.2, 0.25) is 0 Å². The summed E-state index contributed by atoms with van der Waals surface area (Å²) >= 11 is 0. The Labute approximate surface area is 125 Å². The molecule has 1 aromatic heterocycles. The summed E-state index contributed by atoms with van der Waals surface area (Å²) in [5, 5.41) is 9.14. The van der Waals surface area contributed by atoms with Gasteiger partial charge in [-0.05, 0) is 25.0 Å². The van der Waals surface area contributed by atoms with Gasteiger partial charge >= 0.3 is 6.09 Å². The molecule has 1 saturated heterocycles. The highest BCUT2D eigenvalue weighted by Gasteiger charge is 2.41. The van der Waals surface area contributed by atoms with Crippen LogP contribution in [0.5, 0.6) is 0 Å². The molecule has 3 heterocycles. The quantitative estimate of drug-likeness (QED) is 0.845. The predicted molar refractivity (Wildman–Crippen MR) is 73.6 cm³/mol. The van der Waals surface area contributed by atoms with Gasteiger partial charge in [0.15, 0.2) is 6.29 Å². The lowest BCUT2D eigenvalue weighted by Gasteiger charge is -2.42. The molecular formula is C14H15F2N3O3. The van der Waals surface area contributed by atoms with Crippen LogP contribution in [0.3, 0.4) is 0 Å². The molecule has 1 aromatic rings. The number of carbonyl (C=O) groups is 2. The van der Waals surface area contributed by atoms with Crippen LogP contribution in [0.15, 0.2) is 6.07 Å². The fraction of sp³-hybridized carbons (Fsp3) is 0.500. The molecule has 2 aliphatic heterocycles. The number of alkyl halides is 2. The van der Waals surface area contributed by atoms with Crippen LogP contribution in [0.25, 0.3) is 0 Å². The average Bonchev–Trinajstić information content (AvgIpc) is 2.83. The molecule has 0 bridgehead atoms. The number of hydrogen-bond acceptors (Lipinski definition) is 4. The van der Waals surface area contributed by atoms with Crippen molar-refractivity contribution in [3.63, 3.8) is 0 Å². The van der Waals surface area contributed by atoms with E-state index in [9.17, 15) is 18.4 Å². The summed E-state index contributed by atoms with van der Waals surface area (Å²) in [5.41, 5.74) is 0.106. The molecule has 2 aliphatic rings. The van der Waals surface area contributed by atoms with Crippen LogP contribution in [-0.4, -0.2) is 52.5 Å². The number of aldehydes is 1. The molecule has 8 heteroatoms. The molecule has 1 amide bonds. The van der Waals surface area contributed by atoms with Crippen molar-refractivity contribution in [3.8, 4) is 0 Å². The Hall–Kier alpha value is -2.25. The number of hydrogen-bond donors (Lipinski definition) is 1. The Kier molecular flexibility index (Phi) is 3.46. The zero-order valence-corrected chi connectivity index (χ0v) is 11.9. The average molecular weight is 311 g/mol. The molecule has 0 aromatic carbocycles. The number of carboxylic acid groups (broad SMARTS) is 1. The smallest absolute Gasteiger partial charge is 0.407 e. The van der Waals surface area contributed by atoms with E-state index in [4.69, 9.17) is 5.11 Å². The van der Waals surface area contributed by atoms with Crippen molar-refractivity contribution in [1.29, 1.82) is 0 Å². The Bertz CT molecular complexity index is 638. The zero-order valence-electron chi connectivity index (χ0n) is 11.9. The van der Waals surface area contributed by atoms with E-state index >= 15 is 0 Å². The van der Waals surface area contributed by atoms with Gasteiger partial charge in [0.05, 0.1) is 6.04 Å². The van der Waals surface area contributed by atoms with Crippen molar-refractivity contribution in [2.75, 3.05) is 18.0 Å². The van der Waals surface area contributed by atoms with E-state index in [1.54, 1.807) is 0 Å². The van der Waals surface area contributed by atoms with Crippen LogP contribution >= 0.6 is 0 Å². The molecule has 0 spiro atoms. The number of piperazine rings is 1. The maximum Gasteiger partial charge on any atom is 0.407 e. The van der Waals surface area contributed by atoms with E-state index in [2.05, 4.69) is 4.98 Å². The highest BCUT2D eigenvalue weighted by molar-refractivity contribution is 5.79. The first-order valence-electron chi connectivity index (χ1n) is 6.95. The van der Waals surface area contributed by atoms with Gasteiger partial charge in [0.25, 0.3) is 6.43 Å². The number of aromatic nitrogens is 1. The predicted octanol–water partition coefficient (Wildman–Crippen LogP) is 1.94. The van der Waals surface area contributed by atoms with Crippen molar-refractivity contribution < 1.29 is 23.5 Å². The van der Waals surface area contributed by atoms with E-state index in [-0.39, 0.29) is 17.6 Å². The van der Waals surface area contributed by atoms with E-state index in [0.717, 1.165) is 5.56 Å². The maximum absolute atomic E-state index is 13.0. The van der Waals surface area contributed by atoms with Gasteiger partial charge in [0, 0.05) is 24.7 Å². The molecule has 0 unspecified atom stereocenters. The standard InChI is InChI=1S/C14H15F2N3O3/c1-7-4-18(14(21)22)5-10-3-8-2-9(6-20)11(12(15)16)17-13(8)19(7)10/h2,6-7,10,12H,3-5H2,1H3,(H,21,22)/t7-,10-/m1/s1. The van der Waals surface area contributed by atoms with Gasteiger partial charge < -0.3 is 14.9 Å². The number of nitrogens with zero attached hydrogens (tertiary/aromatic N) is 3. The number of amides is 1. The lowest BCUT2D eigenvalue weighted by atomic mass is 10.1. The minimum Gasteiger partial charge on any atom is -0.465 e. The summed E-state index contributed by atoms with van der Waals surface area (Å²) in [5.74, 6) is 0.448. The lowest BCUT2D eigenvalue weighted by molar-refractivity contribution is 0.110. The van der Waals surface area contributed by atoms with Gasteiger partial charge in [0.1, 0.15) is 11.5 Å². The molecule has 2 atom stereocenters. The van der Waals surface area contributed by atoms with E-state index in [0.29, 0.717) is 31.6 Å². The summed E-state index contributed by atoms with van der Waals surface area (Å²) in [6.07, 6.45) is -2.92. The first kappa shape index (κ1) is 14.7. The normalized spacial score (nSPS) is 23.5. The molecule has 3 rings (SSSR count). The fourth-order valence-electron chi connectivity index (χ4n) is 3.36. The number of halogens is 2. The topological polar surface area (TPSA) is 73.7 Å². The fourth-order valence-corrected chi connectivity index (χ4v) is 3.36. The first-order valence-corrected chi connectivity index (χ1v) is 6.95. The van der Waals surface area contributed by atoms with Gasteiger partial charge in [-0.25, -0.2) is 18.6 Å². The monoisotopic (exact) mass is 311 g/mol. The molecular weight excluding hydrogens is 296 g/mol. The molecule has 0 saturated carbocycles. The van der Waals surface area contributed by atoms with Crippen molar-refractivity contribution in [2.24, 2.45) is 0 Å². The Morgan fingerprint density at radius 1 is 1.50 bits per heavy atom. The summed E-state index contributed by atoms with van der Waals surface area (Å²) in [6.45, 7) is 2.44. The van der Waals surface area contributed by atoms with Crippen LogP contribution < -0.4 is 4.90 Å². The number of fused-ring (bicyclic) bond motifs is 3. The summed E-state index contributed by atoms with van der Waals surface area (Å²) in [7, 11) is 0. The SMILES string of the molecule is C[C@@H]1CN(C(=O)O)C[C@H]2Cc3cc(C=O)c(C(F)F)nc3N21. The van der Waals surface area contributed by atoms with Gasteiger partial charge in [-0.2, -0.15) is 0 Å². The van der Waals surface area contributed by atoms with E-state index < -0.39 is 18.2 Å². The highest BCUT2D eigenvalue weighted by atomic mass is 19.3. The number of pyridine rings is 1. The van der Waals surface area contributed by atoms with Crippen molar-refractivity contribution in [3.05, 3.63) is 22.9 Å². The van der Waals surface area contributed by atoms with Gasteiger partial charge in [-0.15, -0.1) is 0 Å². The second-order valence-electron chi connectivity index (χ2n) is 5.67. The minimum atomic E-state index is -2.82. The van der Waals surface area contributed by atoms with Crippen molar-refractivity contribution >= 4 is 18.2 Å². The summed E-state index contributed by atoms with van der Waals surface area (Å²) < 4.78 is 26.1. The molecule has 1 N–H and O–H groups in total. The van der Waals surface area contributed by atoms with Gasteiger partial charge in [0.2, 0.25) is 0 Å². The highest BCUT2D eigenvalue weighted by Crippen LogP contribution is 2.37. The number of carbonyl (C=O) groups excluding carboxylic acids is 1. The van der Waals surface area contributed by atoms with Gasteiger partial charge in [-0.3, -0.25) is 4.79 Å². The Morgan fingerprint density at radius 2 is 2.23 bits per heavy atom. The minimum absolute atomic E-state index is 0.101. The first-order chi connectivity index (χ1) is 10.4. The molecule has 1 fully saturated rings. The molecule has 0 aliphatic carbocycles. The van der Waals surface area contributed by atoms with Crippen LogP contribution in [0, 0.1) is 0 Å². The molecule has 6 nitrogen and oxygen atoms in total. The van der Waals surface area contributed by atoms with Crippen molar-refractivity contribution in [1.82, 2.24) is 9.88 Å². The molecule has 22 heavy (non-hydrogen) atoms. The second kappa shape index (κ2) is 5.19. The largest absolute Gasteiger partial charge is 0.465 e. The lowest BCUT2D eigenvalue weighted by Crippen LogP contribution is -2.58. The number of rotatable bonds is 2. The van der Waals surface area contributed by atoms with E-state index in [1.807, 2.05) is 11.8 Å². The molecule has 0 radical (unpaired) electrons. The van der Waals surface area contributed by atoms with Gasteiger partial charge in [-0.1, -0.05) is 0 Å². The Balaban J connectivity index is 2.00. The van der Waals surface area contributed by atoms with Crippen LogP contribution in [0.1, 0.15) is 35.0 Å². The Morgan fingerprint density at radius 3 is 2.82 bits per heavy atom. The van der Waals surface area contributed by atoms with Crippen LogP contribution in [-0.2, 0) is 6.42 Å². The van der Waals surface area contributed by atoms with E-state index in [1.165, 1.54) is 11.0 Å². The maximum atomic E-state index is 13.0. The molecule has 118 valence electrons. The number of anilines is 1.